The molecule has 208 valence electrons. The van der Waals surface area contributed by atoms with Crippen LogP contribution in [0.5, 0.6) is 0 Å². The minimum Gasteiger partial charge on any atom is -0.356 e. The van der Waals surface area contributed by atoms with Gasteiger partial charge in [0.25, 0.3) is 5.91 Å². The fraction of sp³-hybridized carbons (Fsp3) is 0.750. The molecule has 4 heteroatoms. The molecule has 1 aromatic rings. The zero-order valence-corrected chi connectivity index (χ0v) is 25.8. The van der Waals surface area contributed by atoms with Crippen LogP contribution in [0.25, 0.3) is 0 Å². The maximum Gasteiger partial charge on any atom is 0.251 e. The molecular weight excluding hydrogens is 444 g/mol. The van der Waals surface area contributed by atoms with Crippen molar-refractivity contribution >= 4 is 11.8 Å². The highest BCUT2D eigenvalue weighted by Gasteiger charge is 2.15. The van der Waals surface area contributed by atoms with Crippen LogP contribution in [-0.4, -0.2) is 24.9 Å². The van der Waals surface area contributed by atoms with Gasteiger partial charge in [0, 0.05) is 25.1 Å². The van der Waals surface area contributed by atoms with E-state index < -0.39 is 0 Å². The second-order valence-electron chi connectivity index (χ2n) is 14.8. The number of hydrogen-bond donors (Lipinski definition) is 2. The van der Waals surface area contributed by atoms with E-state index in [1.54, 1.807) is 0 Å². The van der Waals surface area contributed by atoms with Crippen molar-refractivity contribution in [3.05, 3.63) is 35.4 Å². The van der Waals surface area contributed by atoms with Crippen molar-refractivity contribution in [1.82, 2.24) is 10.6 Å². The molecule has 0 aliphatic heterocycles. The molecule has 4 nitrogen and oxygen atoms in total. The summed E-state index contributed by atoms with van der Waals surface area (Å²) in [6.45, 7) is 28.0. The molecule has 0 saturated carbocycles. The monoisotopic (exact) mass is 502 g/mol. The van der Waals surface area contributed by atoms with E-state index in [4.69, 9.17) is 0 Å². The van der Waals surface area contributed by atoms with Crippen LogP contribution in [-0.2, 0) is 10.2 Å². The predicted molar refractivity (Wildman–Crippen MR) is 157 cm³/mol. The van der Waals surface area contributed by atoms with Gasteiger partial charge in [-0.2, -0.15) is 0 Å². The smallest absolute Gasteiger partial charge is 0.251 e. The van der Waals surface area contributed by atoms with Gasteiger partial charge in [0.2, 0.25) is 5.91 Å². The van der Waals surface area contributed by atoms with Crippen LogP contribution in [0.1, 0.15) is 138 Å². The summed E-state index contributed by atoms with van der Waals surface area (Å²) in [6.07, 6.45) is 5.99. The molecule has 0 atom stereocenters. The molecule has 0 fully saturated rings. The molecule has 0 saturated heterocycles. The van der Waals surface area contributed by atoms with E-state index in [0.717, 1.165) is 50.8 Å². The third kappa shape index (κ3) is 19.4. The Morgan fingerprint density at radius 1 is 0.611 bits per heavy atom. The molecule has 36 heavy (non-hydrogen) atoms. The van der Waals surface area contributed by atoms with Crippen molar-refractivity contribution < 1.29 is 9.59 Å². The van der Waals surface area contributed by atoms with Gasteiger partial charge < -0.3 is 10.6 Å². The standard InChI is InChI=1S/C18H29NO.C14H29NO/c1-17(2,3)12-7-13-19-16(20)14-8-10-15(11-9-14)18(4,5)6;1-13(2,3)9-7-11-15-12(16)8-10-14(4,5)6/h8-11H,7,12-13H2,1-6H3,(H,19,20);7-11H2,1-6H3,(H,15,16). The van der Waals surface area contributed by atoms with E-state index in [2.05, 4.69) is 93.7 Å². The Bertz CT molecular complexity index is 767. The van der Waals surface area contributed by atoms with Gasteiger partial charge in [0.05, 0.1) is 0 Å². The lowest BCUT2D eigenvalue weighted by atomic mass is 9.86. The number of hydrogen-bond acceptors (Lipinski definition) is 2. The minimum absolute atomic E-state index is 0.0272. The molecule has 0 aliphatic rings. The van der Waals surface area contributed by atoms with Crippen molar-refractivity contribution in [3.63, 3.8) is 0 Å². The molecule has 2 amide bonds. The largest absolute Gasteiger partial charge is 0.356 e. The van der Waals surface area contributed by atoms with Crippen molar-refractivity contribution in [2.75, 3.05) is 13.1 Å². The summed E-state index contributed by atoms with van der Waals surface area (Å²) in [6, 6.07) is 7.92. The number of rotatable bonds is 9. The Morgan fingerprint density at radius 2 is 1.03 bits per heavy atom. The van der Waals surface area contributed by atoms with E-state index in [1.165, 1.54) is 5.56 Å². The maximum absolute atomic E-state index is 12.0. The second-order valence-corrected chi connectivity index (χ2v) is 14.8. The van der Waals surface area contributed by atoms with Crippen LogP contribution in [0.2, 0.25) is 0 Å². The predicted octanol–water partition coefficient (Wildman–Crippen LogP) is 8.30. The maximum atomic E-state index is 12.0. The number of amides is 2. The van der Waals surface area contributed by atoms with E-state index in [1.807, 2.05) is 24.3 Å². The van der Waals surface area contributed by atoms with E-state index in [9.17, 15) is 9.59 Å². The molecule has 0 radical (unpaired) electrons. The SMILES string of the molecule is CC(C)(C)CCCNC(=O)CCC(C)(C)C.CC(C)(C)CCCNC(=O)c1ccc(C(C)(C)C)cc1. The molecule has 0 heterocycles. The topological polar surface area (TPSA) is 58.2 Å². The van der Waals surface area contributed by atoms with Crippen LogP contribution < -0.4 is 10.6 Å². The van der Waals surface area contributed by atoms with Gasteiger partial charge >= 0.3 is 0 Å². The average molecular weight is 503 g/mol. The van der Waals surface area contributed by atoms with Crippen LogP contribution >= 0.6 is 0 Å². The lowest BCUT2D eigenvalue weighted by molar-refractivity contribution is -0.121. The summed E-state index contributed by atoms with van der Waals surface area (Å²) >= 11 is 0. The quantitative estimate of drug-likeness (QED) is 0.334. The first kappa shape index (κ1) is 34.2. The molecule has 0 spiro atoms. The number of carbonyl (C=O) groups is 2. The van der Waals surface area contributed by atoms with Crippen LogP contribution in [0.15, 0.2) is 24.3 Å². The molecule has 1 rings (SSSR count). The van der Waals surface area contributed by atoms with E-state index in [0.29, 0.717) is 17.3 Å². The Kier molecular flexibility index (Phi) is 14.0. The number of benzene rings is 1. The van der Waals surface area contributed by atoms with Crippen LogP contribution in [0.4, 0.5) is 0 Å². The molecule has 2 N–H and O–H groups in total. The van der Waals surface area contributed by atoms with Crippen molar-refractivity contribution in [3.8, 4) is 0 Å². The zero-order valence-electron chi connectivity index (χ0n) is 25.8. The first-order valence-corrected chi connectivity index (χ1v) is 13.9. The highest BCUT2D eigenvalue weighted by molar-refractivity contribution is 5.94. The van der Waals surface area contributed by atoms with Crippen LogP contribution in [0, 0.1) is 16.2 Å². The van der Waals surface area contributed by atoms with Gasteiger partial charge in [-0.05, 0) is 71.5 Å². The van der Waals surface area contributed by atoms with Gasteiger partial charge in [-0.3, -0.25) is 9.59 Å². The first-order chi connectivity index (χ1) is 16.2. The number of nitrogens with one attached hydrogen (secondary N) is 2. The summed E-state index contributed by atoms with van der Waals surface area (Å²) < 4.78 is 0. The summed E-state index contributed by atoms with van der Waals surface area (Å²) in [5.41, 5.74) is 3.08. The molecule has 0 aromatic heterocycles. The molecular formula is C32H58N2O2. The van der Waals surface area contributed by atoms with Crippen molar-refractivity contribution in [1.29, 1.82) is 0 Å². The van der Waals surface area contributed by atoms with Crippen LogP contribution in [0.3, 0.4) is 0 Å². The van der Waals surface area contributed by atoms with E-state index >= 15 is 0 Å². The fourth-order valence-electron chi connectivity index (χ4n) is 3.47. The third-order valence-corrected chi connectivity index (χ3v) is 5.93. The lowest BCUT2D eigenvalue weighted by Gasteiger charge is -2.19. The molecule has 0 unspecified atom stereocenters. The molecule has 0 bridgehead atoms. The first-order valence-electron chi connectivity index (χ1n) is 13.9. The van der Waals surface area contributed by atoms with Gasteiger partial charge in [-0.15, -0.1) is 0 Å². The summed E-state index contributed by atoms with van der Waals surface area (Å²) in [5.74, 6) is 0.225. The Balaban J connectivity index is 0.000000700. The summed E-state index contributed by atoms with van der Waals surface area (Å²) in [7, 11) is 0. The molecule has 0 aliphatic carbocycles. The van der Waals surface area contributed by atoms with Crippen molar-refractivity contribution in [2.24, 2.45) is 16.2 Å². The fourth-order valence-corrected chi connectivity index (χ4v) is 3.47. The normalized spacial score (nSPS) is 12.4. The second kappa shape index (κ2) is 14.8. The Morgan fingerprint density at radius 3 is 1.42 bits per heavy atom. The summed E-state index contributed by atoms with van der Waals surface area (Å²) in [5, 5.41) is 5.98. The lowest BCUT2D eigenvalue weighted by Crippen LogP contribution is -2.26. The zero-order chi connectivity index (χ0) is 28.2. The third-order valence-electron chi connectivity index (χ3n) is 5.93. The minimum atomic E-state index is 0.0272. The van der Waals surface area contributed by atoms with Gasteiger partial charge in [0.15, 0.2) is 0 Å². The number of carbonyl (C=O) groups excluding carboxylic acids is 2. The Labute approximate surface area is 223 Å². The van der Waals surface area contributed by atoms with Gasteiger partial charge in [-0.1, -0.05) is 95.2 Å². The highest BCUT2D eigenvalue weighted by atomic mass is 16.2. The average Bonchev–Trinajstić information content (AvgIpc) is 2.71. The summed E-state index contributed by atoms with van der Waals surface area (Å²) in [4.78, 5) is 23.5. The van der Waals surface area contributed by atoms with E-state index in [-0.39, 0.29) is 22.6 Å². The van der Waals surface area contributed by atoms with Gasteiger partial charge in [0.1, 0.15) is 0 Å². The Hall–Kier alpha value is -1.84. The van der Waals surface area contributed by atoms with Crippen molar-refractivity contribution in [2.45, 2.75) is 127 Å². The molecule has 1 aromatic carbocycles. The van der Waals surface area contributed by atoms with Gasteiger partial charge in [-0.25, -0.2) is 0 Å². The highest BCUT2D eigenvalue weighted by Crippen LogP contribution is 2.23.